The van der Waals surface area contributed by atoms with Crippen LogP contribution in [-0.4, -0.2) is 33.4 Å². The molecule has 6 nitrogen and oxygen atoms in total. The lowest BCUT2D eigenvalue weighted by Crippen LogP contribution is -2.20. The van der Waals surface area contributed by atoms with Crippen LogP contribution in [-0.2, 0) is 11.2 Å². The van der Waals surface area contributed by atoms with E-state index in [0.717, 1.165) is 52.2 Å². The van der Waals surface area contributed by atoms with Crippen LogP contribution in [0.2, 0.25) is 0 Å². The number of aryl methyl sites for hydroxylation is 2. The third kappa shape index (κ3) is 8.59. The third-order valence-electron chi connectivity index (χ3n) is 7.66. The number of benzene rings is 3. The van der Waals surface area contributed by atoms with Gasteiger partial charge in [0, 0.05) is 35.5 Å². The topological polar surface area (TPSA) is 89.4 Å². The summed E-state index contributed by atoms with van der Waals surface area (Å²) in [4.78, 5) is 33.9. The van der Waals surface area contributed by atoms with Gasteiger partial charge in [0.15, 0.2) is 11.6 Å². The zero-order valence-electron chi connectivity index (χ0n) is 24.8. The Morgan fingerprint density at radius 1 is 0.786 bits per heavy atom. The van der Waals surface area contributed by atoms with E-state index in [0.29, 0.717) is 11.4 Å². The first kappa shape index (κ1) is 30.6. The van der Waals surface area contributed by atoms with Crippen molar-refractivity contribution in [2.75, 3.05) is 6.61 Å². The van der Waals surface area contributed by atoms with Crippen LogP contribution in [0.5, 0.6) is 5.75 Å². The SMILES string of the molecule is CCCCCCCOc1ccc(-c2cnc(-c3ccc(C[C@H](CC(=O)c4ccc(C)c(C)c4)C(=O)O)cc3)nc2)cc1. The summed E-state index contributed by atoms with van der Waals surface area (Å²) >= 11 is 0. The summed E-state index contributed by atoms with van der Waals surface area (Å²) in [6.07, 6.45) is 9.90. The summed E-state index contributed by atoms with van der Waals surface area (Å²) in [7, 11) is 0. The second kappa shape index (κ2) is 15.1. The standard InChI is InChI=1S/C36H40N2O4/c1-4-5-6-7-8-19-42-33-17-15-28(16-18-33)32-23-37-35(38-24-32)29-13-10-27(11-14-29)21-31(36(40)41)22-34(39)30-12-9-25(2)26(3)20-30/h9-18,20,23-24,31H,4-8,19,21-22H2,1-3H3,(H,40,41)/t31-/m1/s1. The minimum absolute atomic E-state index is 0.0453. The first-order valence-corrected chi connectivity index (χ1v) is 14.8. The van der Waals surface area contributed by atoms with Gasteiger partial charge in [-0.15, -0.1) is 0 Å². The monoisotopic (exact) mass is 564 g/mol. The molecule has 0 bridgehead atoms. The molecule has 0 aliphatic rings. The number of rotatable bonds is 15. The van der Waals surface area contributed by atoms with Crippen LogP contribution in [0.4, 0.5) is 0 Å². The van der Waals surface area contributed by atoms with Gasteiger partial charge in [-0.1, -0.05) is 81.1 Å². The zero-order valence-corrected chi connectivity index (χ0v) is 24.8. The number of Topliss-reactive ketones (excluding diaryl/α,β-unsaturated/α-hetero) is 1. The Morgan fingerprint density at radius 3 is 2.10 bits per heavy atom. The molecule has 0 radical (unpaired) electrons. The minimum atomic E-state index is -0.975. The molecule has 3 aromatic carbocycles. The van der Waals surface area contributed by atoms with Crippen molar-refractivity contribution in [2.45, 2.75) is 65.7 Å². The van der Waals surface area contributed by atoms with E-state index in [-0.39, 0.29) is 18.6 Å². The van der Waals surface area contributed by atoms with Crippen LogP contribution < -0.4 is 4.74 Å². The van der Waals surface area contributed by atoms with E-state index in [1.807, 2.05) is 74.5 Å². The van der Waals surface area contributed by atoms with Crippen LogP contribution >= 0.6 is 0 Å². The van der Waals surface area contributed by atoms with Gasteiger partial charge >= 0.3 is 5.97 Å². The van der Waals surface area contributed by atoms with Crippen LogP contribution in [0.1, 0.15) is 72.5 Å². The second-order valence-electron chi connectivity index (χ2n) is 10.9. The van der Waals surface area contributed by atoms with Gasteiger partial charge in [0.25, 0.3) is 0 Å². The van der Waals surface area contributed by atoms with Crippen molar-refractivity contribution in [3.8, 4) is 28.3 Å². The quantitative estimate of drug-likeness (QED) is 0.115. The van der Waals surface area contributed by atoms with E-state index in [1.54, 1.807) is 18.5 Å². The average Bonchev–Trinajstić information content (AvgIpc) is 3.00. The number of carbonyl (C=O) groups is 2. The van der Waals surface area contributed by atoms with Crippen molar-refractivity contribution in [3.05, 3.63) is 101 Å². The molecule has 42 heavy (non-hydrogen) atoms. The summed E-state index contributed by atoms with van der Waals surface area (Å²) < 4.78 is 5.87. The Balaban J connectivity index is 1.33. The Morgan fingerprint density at radius 2 is 1.45 bits per heavy atom. The Bertz CT molecular complexity index is 1460. The molecule has 0 saturated carbocycles. The molecule has 0 spiro atoms. The number of nitrogens with zero attached hydrogens (tertiary/aromatic N) is 2. The van der Waals surface area contributed by atoms with E-state index < -0.39 is 11.9 Å². The van der Waals surface area contributed by atoms with Gasteiger partial charge in [0.2, 0.25) is 0 Å². The minimum Gasteiger partial charge on any atom is -0.494 e. The molecular weight excluding hydrogens is 524 g/mol. The number of carboxylic acid groups (broad SMARTS) is 1. The average molecular weight is 565 g/mol. The van der Waals surface area contributed by atoms with Gasteiger partial charge in [-0.05, 0) is 67.1 Å². The molecule has 4 rings (SSSR count). The molecular formula is C36H40N2O4. The summed E-state index contributed by atoms with van der Waals surface area (Å²) in [5.41, 5.74) is 6.29. The normalized spacial score (nSPS) is 11.7. The number of aliphatic carboxylic acids is 1. The van der Waals surface area contributed by atoms with Crippen molar-refractivity contribution >= 4 is 11.8 Å². The highest BCUT2D eigenvalue weighted by atomic mass is 16.5. The van der Waals surface area contributed by atoms with Gasteiger partial charge in [0.1, 0.15) is 5.75 Å². The lowest BCUT2D eigenvalue weighted by atomic mass is 9.91. The molecule has 1 heterocycles. The number of aromatic nitrogens is 2. The van der Waals surface area contributed by atoms with Crippen molar-refractivity contribution in [3.63, 3.8) is 0 Å². The maximum atomic E-state index is 12.8. The summed E-state index contributed by atoms with van der Waals surface area (Å²) in [5, 5.41) is 9.79. The number of ketones is 1. The first-order valence-electron chi connectivity index (χ1n) is 14.8. The molecule has 6 heteroatoms. The fourth-order valence-electron chi connectivity index (χ4n) is 4.84. The molecule has 218 valence electrons. The van der Waals surface area contributed by atoms with Gasteiger partial charge in [-0.25, -0.2) is 9.97 Å². The molecule has 1 N–H and O–H groups in total. The molecule has 0 amide bonds. The molecule has 0 unspecified atom stereocenters. The third-order valence-corrected chi connectivity index (χ3v) is 7.66. The van der Waals surface area contributed by atoms with Crippen LogP contribution in [0.3, 0.4) is 0 Å². The summed E-state index contributed by atoms with van der Waals surface area (Å²) in [5.74, 6) is -0.476. The molecule has 4 aromatic rings. The Hall–Kier alpha value is -4.32. The van der Waals surface area contributed by atoms with E-state index in [1.165, 1.54) is 25.7 Å². The molecule has 0 fully saturated rings. The summed E-state index contributed by atoms with van der Waals surface area (Å²) in [6, 6.07) is 21.0. The van der Waals surface area contributed by atoms with Crippen LogP contribution in [0.15, 0.2) is 79.1 Å². The Kier molecular flexibility index (Phi) is 11.0. The fraction of sp³-hybridized carbons (Fsp3) is 0.333. The molecule has 0 saturated heterocycles. The fourth-order valence-corrected chi connectivity index (χ4v) is 4.84. The summed E-state index contributed by atoms with van der Waals surface area (Å²) in [6.45, 7) is 6.89. The van der Waals surface area contributed by atoms with Crippen LogP contribution in [0.25, 0.3) is 22.5 Å². The molecule has 1 aromatic heterocycles. The largest absolute Gasteiger partial charge is 0.494 e. The van der Waals surface area contributed by atoms with Crippen molar-refractivity contribution < 1.29 is 19.4 Å². The van der Waals surface area contributed by atoms with Gasteiger partial charge < -0.3 is 9.84 Å². The Labute approximate surface area is 248 Å². The van der Waals surface area contributed by atoms with Crippen molar-refractivity contribution in [1.82, 2.24) is 9.97 Å². The van der Waals surface area contributed by atoms with Crippen molar-refractivity contribution in [2.24, 2.45) is 5.92 Å². The maximum absolute atomic E-state index is 12.8. The number of hydrogen-bond acceptors (Lipinski definition) is 5. The van der Waals surface area contributed by atoms with E-state index in [2.05, 4.69) is 16.9 Å². The highest BCUT2D eigenvalue weighted by Crippen LogP contribution is 2.24. The molecule has 0 aliphatic heterocycles. The lowest BCUT2D eigenvalue weighted by Gasteiger charge is -2.13. The van der Waals surface area contributed by atoms with Gasteiger partial charge in [-0.2, -0.15) is 0 Å². The number of hydrogen-bond donors (Lipinski definition) is 1. The van der Waals surface area contributed by atoms with Gasteiger partial charge in [-0.3, -0.25) is 9.59 Å². The number of ether oxygens (including phenoxy) is 1. The zero-order chi connectivity index (χ0) is 29.9. The highest BCUT2D eigenvalue weighted by molar-refractivity contribution is 5.98. The number of carbonyl (C=O) groups excluding carboxylic acids is 1. The molecule has 1 atom stereocenters. The predicted molar refractivity (Wildman–Crippen MR) is 167 cm³/mol. The van der Waals surface area contributed by atoms with E-state index in [4.69, 9.17) is 4.74 Å². The maximum Gasteiger partial charge on any atom is 0.307 e. The van der Waals surface area contributed by atoms with E-state index >= 15 is 0 Å². The van der Waals surface area contributed by atoms with Crippen molar-refractivity contribution in [1.29, 1.82) is 0 Å². The van der Waals surface area contributed by atoms with E-state index in [9.17, 15) is 14.7 Å². The van der Waals surface area contributed by atoms with Crippen LogP contribution in [0, 0.1) is 19.8 Å². The first-order chi connectivity index (χ1) is 20.3. The second-order valence-corrected chi connectivity index (χ2v) is 10.9. The number of unbranched alkanes of at least 4 members (excludes halogenated alkanes) is 4. The number of carboxylic acids is 1. The smallest absolute Gasteiger partial charge is 0.307 e. The molecule has 0 aliphatic carbocycles. The van der Waals surface area contributed by atoms with Gasteiger partial charge in [0.05, 0.1) is 12.5 Å². The predicted octanol–water partition coefficient (Wildman–Crippen LogP) is 8.29. The lowest BCUT2D eigenvalue weighted by molar-refractivity contribution is -0.141. The highest BCUT2D eigenvalue weighted by Gasteiger charge is 2.23.